The van der Waals surface area contributed by atoms with E-state index in [-0.39, 0.29) is 11.8 Å². The number of rotatable bonds is 7. The van der Waals surface area contributed by atoms with Gasteiger partial charge in [0.15, 0.2) is 0 Å². The molecule has 1 aromatic rings. The highest BCUT2D eigenvalue weighted by atomic mass is 16.2. The van der Waals surface area contributed by atoms with Crippen molar-refractivity contribution in [3.05, 3.63) is 35.9 Å². The molecule has 0 aliphatic heterocycles. The minimum absolute atomic E-state index is 0.132. The number of carbonyl (C=O) groups excluding carboxylic acids is 1. The van der Waals surface area contributed by atoms with E-state index in [1.165, 1.54) is 0 Å². The number of nitrogens with two attached hydrogens (primary N) is 1. The van der Waals surface area contributed by atoms with Crippen LogP contribution in [0, 0.1) is 0 Å². The molecule has 0 spiro atoms. The molecule has 19 heavy (non-hydrogen) atoms. The maximum absolute atomic E-state index is 12.0. The van der Waals surface area contributed by atoms with Crippen molar-refractivity contribution in [3.63, 3.8) is 0 Å². The minimum Gasteiger partial charge on any atom is -0.300 e. The Morgan fingerprint density at radius 1 is 1.32 bits per heavy atom. The van der Waals surface area contributed by atoms with Gasteiger partial charge in [-0.1, -0.05) is 37.3 Å². The van der Waals surface area contributed by atoms with Crippen molar-refractivity contribution >= 4 is 5.91 Å². The molecule has 0 fully saturated rings. The molecule has 0 saturated heterocycles. The number of nitrogens with one attached hydrogen (secondary N) is 1. The summed E-state index contributed by atoms with van der Waals surface area (Å²) >= 11 is 0. The van der Waals surface area contributed by atoms with Gasteiger partial charge in [-0.2, -0.15) is 0 Å². The second kappa shape index (κ2) is 7.92. The van der Waals surface area contributed by atoms with Crippen LogP contribution in [0.15, 0.2) is 30.3 Å². The quantitative estimate of drug-likeness (QED) is 0.448. The van der Waals surface area contributed by atoms with Crippen molar-refractivity contribution in [3.8, 4) is 0 Å². The molecule has 0 radical (unpaired) electrons. The first-order chi connectivity index (χ1) is 9.10. The van der Waals surface area contributed by atoms with Crippen LogP contribution in [0.4, 0.5) is 0 Å². The van der Waals surface area contributed by atoms with E-state index >= 15 is 0 Å². The van der Waals surface area contributed by atoms with Gasteiger partial charge in [-0.15, -0.1) is 0 Å². The molecule has 1 rings (SSSR count). The summed E-state index contributed by atoms with van der Waals surface area (Å²) in [4.78, 5) is 14.3. The molecule has 0 heterocycles. The Kier molecular flexibility index (Phi) is 6.53. The third-order valence-corrected chi connectivity index (χ3v) is 3.32. The molecule has 3 N–H and O–H groups in total. The highest BCUT2D eigenvalue weighted by Crippen LogP contribution is 2.18. The minimum atomic E-state index is -0.222. The van der Waals surface area contributed by atoms with Crippen molar-refractivity contribution in [2.75, 3.05) is 13.1 Å². The zero-order valence-electron chi connectivity index (χ0n) is 12.1. The highest BCUT2D eigenvalue weighted by molar-refractivity contribution is 5.83. The average Bonchev–Trinajstić information content (AvgIpc) is 2.43. The van der Waals surface area contributed by atoms with Crippen LogP contribution in [0.5, 0.6) is 0 Å². The number of benzene rings is 1. The van der Waals surface area contributed by atoms with Crippen LogP contribution < -0.4 is 11.3 Å². The lowest BCUT2D eigenvalue weighted by atomic mass is 9.97. The normalized spacial score (nSPS) is 12.7. The van der Waals surface area contributed by atoms with Gasteiger partial charge in [-0.25, -0.2) is 5.84 Å². The Balaban J connectivity index is 2.89. The molecule has 0 aliphatic rings. The zero-order valence-corrected chi connectivity index (χ0v) is 12.1. The largest absolute Gasteiger partial charge is 0.300 e. The molecule has 0 aromatic heterocycles. The second-order valence-corrected chi connectivity index (χ2v) is 5.06. The lowest BCUT2D eigenvalue weighted by Crippen LogP contribution is -2.42. The maximum Gasteiger partial charge on any atom is 0.242 e. The molecule has 4 nitrogen and oxygen atoms in total. The molecular weight excluding hydrogens is 238 g/mol. The van der Waals surface area contributed by atoms with Gasteiger partial charge in [-0.05, 0) is 32.4 Å². The van der Waals surface area contributed by atoms with E-state index in [0.717, 1.165) is 18.5 Å². The summed E-state index contributed by atoms with van der Waals surface area (Å²) in [5.41, 5.74) is 3.29. The lowest BCUT2D eigenvalue weighted by Gasteiger charge is -2.29. The Labute approximate surface area is 115 Å². The van der Waals surface area contributed by atoms with Crippen LogP contribution in [-0.2, 0) is 4.79 Å². The van der Waals surface area contributed by atoms with Gasteiger partial charge in [0, 0.05) is 12.6 Å². The standard InChI is InChI=1S/C15H25N3O/c1-4-10-18(12(2)3)11-14(15(19)17-16)13-8-6-5-7-9-13/h5-9,12,14H,4,10-11,16H2,1-3H3,(H,17,19). The summed E-state index contributed by atoms with van der Waals surface area (Å²) < 4.78 is 0. The summed E-state index contributed by atoms with van der Waals surface area (Å²) in [7, 11) is 0. The first kappa shape index (κ1) is 15.7. The van der Waals surface area contributed by atoms with Crippen molar-refractivity contribution in [2.24, 2.45) is 5.84 Å². The molecular formula is C15H25N3O. The van der Waals surface area contributed by atoms with Crippen molar-refractivity contribution in [1.29, 1.82) is 0 Å². The van der Waals surface area contributed by atoms with Crippen LogP contribution in [0.3, 0.4) is 0 Å². The summed E-state index contributed by atoms with van der Waals surface area (Å²) in [5.74, 6) is 4.96. The van der Waals surface area contributed by atoms with Crippen molar-refractivity contribution in [2.45, 2.75) is 39.2 Å². The molecule has 1 amide bonds. The van der Waals surface area contributed by atoms with Gasteiger partial charge < -0.3 is 0 Å². The molecule has 0 bridgehead atoms. The molecule has 1 atom stereocenters. The number of hydrogen-bond acceptors (Lipinski definition) is 3. The van der Waals surface area contributed by atoms with Crippen LogP contribution in [0.25, 0.3) is 0 Å². The number of hydrazine groups is 1. The summed E-state index contributed by atoms with van der Waals surface area (Å²) in [6, 6.07) is 10.2. The predicted molar refractivity (Wildman–Crippen MR) is 78.5 cm³/mol. The molecule has 1 unspecified atom stereocenters. The van der Waals surface area contributed by atoms with E-state index in [9.17, 15) is 4.79 Å². The van der Waals surface area contributed by atoms with E-state index in [1.54, 1.807) is 0 Å². The third-order valence-electron chi connectivity index (χ3n) is 3.32. The topological polar surface area (TPSA) is 58.4 Å². The number of nitrogens with zero attached hydrogens (tertiary/aromatic N) is 1. The number of carbonyl (C=O) groups is 1. The van der Waals surface area contributed by atoms with Crippen LogP contribution >= 0.6 is 0 Å². The van der Waals surface area contributed by atoms with Crippen molar-refractivity contribution in [1.82, 2.24) is 10.3 Å². The summed E-state index contributed by atoms with van der Waals surface area (Å²) in [6.07, 6.45) is 1.07. The molecule has 0 saturated carbocycles. The monoisotopic (exact) mass is 263 g/mol. The smallest absolute Gasteiger partial charge is 0.242 e. The Morgan fingerprint density at radius 2 is 1.95 bits per heavy atom. The Bertz CT molecular complexity index is 378. The highest BCUT2D eigenvalue weighted by Gasteiger charge is 2.23. The molecule has 0 aliphatic carbocycles. The Hall–Kier alpha value is -1.39. The fourth-order valence-electron chi connectivity index (χ4n) is 2.21. The van der Waals surface area contributed by atoms with Crippen LogP contribution in [-0.4, -0.2) is 29.9 Å². The first-order valence-corrected chi connectivity index (χ1v) is 6.89. The lowest BCUT2D eigenvalue weighted by molar-refractivity contribution is -0.123. The molecule has 1 aromatic carbocycles. The Morgan fingerprint density at radius 3 is 2.42 bits per heavy atom. The third kappa shape index (κ3) is 4.65. The maximum atomic E-state index is 12.0. The van der Waals surface area contributed by atoms with Gasteiger partial charge >= 0.3 is 0 Å². The predicted octanol–water partition coefficient (Wildman–Crippen LogP) is 1.88. The number of hydrogen-bond donors (Lipinski definition) is 2. The number of amides is 1. The SMILES string of the molecule is CCCN(CC(C(=O)NN)c1ccccc1)C(C)C. The average molecular weight is 263 g/mol. The van der Waals surface area contributed by atoms with Gasteiger partial charge in [-0.3, -0.25) is 15.1 Å². The molecule has 4 heteroatoms. The first-order valence-electron chi connectivity index (χ1n) is 6.89. The second-order valence-electron chi connectivity index (χ2n) is 5.06. The zero-order chi connectivity index (χ0) is 14.3. The fourth-order valence-corrected chi connectivity index (χ4v) is 2.21. The summed E-state index contributed by atoms with van der Waals surface area (Å²) in [5, 5.41) is 0. The van der Waals surface area contributed by atoms with Gasteiger partial charge in [0.1, 0.15) is 0 Å². The summed E-state index contributed by atoms with van der Waals surface area (Å²) in [6.45, 7) is 8.13. The van der Waals surface area contributed by atoms with Gasteiger partial charge in [0.25, 0.3) is 0 Å². The van der Waals surface area contributed by atoms with Crippen LogP contribution in [0.1, 0.15) is 38.7 Å². The van der Waals surface area contributed by atoms with Crippen molar-refractivity contribution < 1.29 is 4.79 Å². The van der Waals surface area contributed by atoms with E-state index in [1.807, 2.05) is 30.3 Å². The van der Waals surface area contributed by atoms with Gasteiger partial charge in [0.05, 0.1) is 5.92 Å². The fraction of sp³-hybridized carbons (Fsp3) is 0.533. The van der Waals surface area contributed by atoms with E-state index in [2.05, 4.69) is 31.1 Å². The molecule has 106 valence electrons. The van der Waals surface area contributed by atoms with E-state index in [0.29, 0.717) is 12.6 Å². The van der Waals surface area contributed by atoms with Crippen LogP contribution in [0.2, 0.25) is 0 Å². The van der Waals surface area contributed by atoms with Gasteiger partial charge in [0.2, 0.25) is 5.91 Å². The van der Waals surface area contributed by atoms with E-state index in [4.69, 9.17) is 5.84 Å². The van der Waals surface area contributed by atoms with E-state index < -0.39 is 0 Å².